The van der Waals surface area contributed by atoms with E-state index in [4.69, 9.17) is 9.97 Å². The van der Waals surface area contributed by atoms with Crippen molar-refractivity contribution >= 4 is 21.7 Å². The van der Waals surface area contributed by atoms with E-state index in [1.807, 2.05) is 0 Å². The van der Waals surface area contributed by atoms with Crippen molar-refractivity contribution in [2.45, 2.75) is 64.7 Å². The van der Waals surface area contributed by atoms with Crippen molar-refractivity contribution in [1.29, 1.82) is 0 Å². The third-order valence-electron chi connectivity index (χ3n) is 5.04. The fourth-order valence-electron chi connectivity index (χ4n) is 4.00. The zero-order chi connectivity index (χ0) is 14.8. The summed E-state index contributed by atoms with van der Waals surface area (Å²) in [7, 11) is 0. The van der Waals surface area contributed by atoms with Crippen LogP contribution in [0.25, 0.3) is 0 Å². The molecular formula is C17H26BrN3. The van der Waals surface area contributed by atoms with Crippen LogP contribution in [-0.2, 0) is 6.42 Å². The number of fused-ring (bicyclic) bond motifs is 2. The largest absolute Gasteiger partial charge is 0.369 e. The van der Waals surface area contributed by atoms with Crippen LogP contribution in [0.1, 0.15) is 69.8 Å². The van der Waals surface area contributed by atoms with Gasteiger partial charge in [0.15, 0.2) is 0 Å². The van der Waals surface area contributed by atoms with E-state index in [9.17, 15) is 0 Å². The van der Waals surface area contributed by atoms with Gasteiger partial charge in [0.1, 0.15) is 11.6 Å². The summed E-state index contributed by atoms with van der Waals surface area (Å²) in [6.07, 6.45) is 8.80. The molecule has 3 atom stereocenters. The first kappa shape index (κ1) is 15.3. The van der Waals surface area contributed by atoms with Crippen LogP contribution in [0, 0.1) is 11.8 Å². The molecule has 3 unspecified atom stereocenters. The van der Waals surface area contributed by atoms with E-state index in [0.29, 0.717) is 5.92 Å². The number of hydrogen-bond acceptors (Lipinski definition) is 3. The predicted octanol–water partition coefficient (Wildman–Crippen LogP) is 4.92. The summed E-state index contributed by atoms with van der Waals surface area (Å²) in [6, 6.07) is 0. The Bertz CT molecular complexity index is 503. The van der Waals surface area contributed by atoms with Gasteiger partial charge in [0, 0.05) is 12.5 Å². The molecule has 0 amide bonds. The second-order valence-electron chi connectivity index (χ2n) is 6.65. The molecule has 2 bridgehead atoms. The van der Waals surface area contributed by atoms with Gasteiger partial charge in [-0.2, -0.15) is 0 Å². The van der Waals surface area contributed by atoms with Gasteiger partial charge in [-0.1, -0.05) is 26.7 Å². The van der Waals surface area contributed by atoms with Crippen LogP contribution in [0.4, 0.5) is 5.82 Å². The van der Waals surface area contributed by atoms with Gasteiger partial charge in [-0.3, -0.25) is 0 Å². The predicted molar refractivity (Wildman–Crippen MR) is 90.7 cm³/mol. The van der Waals surface area contributed by atoms with Gasteiger partial charge in [0.25, 0.3) is 0 Å². The molecule has 0 aromatic carbocycles. The van der Waals surface area contributed by atoms with Crippen LogP contribution in [0.3, 0.4) is 0 Å². The fourth-order valence-corrected chi connectivity index (χ4v) is 4.52. The average molecular weight is 352 g/mol. The van der Waals surface area contributed by atoms with Gasteiger partial charge < -0.3 is 5.32 Å². The van der Waals surface area contributed by atoms with Crippen molar-refractivity contribution in [3.8, 4) is 0 Å². The Morgan fingerprint density at radius 3 is 2.62 bits per heavy atom. The van der Waals surface area contributed by atoms with Crippen LogP contribution in [-0.4, -0.2) is 16.5 Å². The van der Waals surface area contributed by atoms with E-state index in [0.717, 1.165) is 53.8 Å². The second-order valence-corrected chi connectivity index (χ2v) is 7.44. The van der Waals surface area contributed by atoms with Gasteiger partial charge in [-0.25, -0.2) is 9.97 Å². The number of rotatable bonds is 6. The molecule has 0 radical (unpaired) electrons. The number of halogens is 1. The number of nitrogens with zero attached hydrogens (tertiary/aromatic N) is 2. The summed E-state index contributed by atoms with van der Waals surface area (Å²) in [5.41, 5.74) is 1.18. The molecule has 3 nitrogen and oxygen atoms in total. The highest BCUT2D eigenvalue weighted by Crippen LogP contribution is 2.52. The molecule has 2 fully saturated rings. The Labute approximate surface area is 136 Å². The quantitative estimate of drug-likeness (QED) is 0.790. The summed E-state index contributed by atoms with van der Waals surface area (Å²) >= 11 is 3.71. The lowest BCUT2D eigenvalue weighted by Crippen LogP contribution is -2.16. The standard InChI is InChI=1S/C17H26BrN3/c1-3-5-14-15(18)17(19-8-4-2)21-16(20-14)13-10-11-6-7-12(13)9-11/h11-13H,3-10H2,1-2H3,(H,19,20,21). The molecule has 4 heteroatoms. The van der Waals surface area contributed by atoms with E-state index >= 15 is 0 Å². The summed E-state index contributed by atoms with van der Waals surface area (Å²) in [5, 5.41) is 3.47. The first-order chi connectivity index (χ1) is 10.2. The molecule has 1 N–H and O–H groups in total. The molecule has 1 heterocycles. The van der Waals surface area contributed by atoms with E-state index in [-0.39, 0.29) is 0 Å². The molecule has 1 aromatic heterocycles. The maximum absolute atomic E-state index is 4.93. The number of aryl methyl sites for hydroxylation is 1. The van der Waals surface area contributed by atoms with Gasteiger partial charge in [-0.05, 0) is 59.9 Å². The van der Waals surface area contributed by atoms with E-state index in [1.54, 1.807) is 0 Å². The zero-order valence-corrected chi connectivity index (χ0v) is 14.7. The Hall–Kier alpha value is -0.640. The number of hydrogen-bond donors (Lipinski definition) is 1. The van der Waals surface area contributed by atoms with Crippen LogP contribution < -0.4 is 5.32 Å². The Morgan fingerprint density at radius 2 is 2.00 bits per heavy atom. The smallest absolute Gasteiger partial charge is 0.144 e. The summed E-state index contributed by atoms with van der Waals surface area (Å²) < 4.78 is 1.07. The molecule has 3 rings (SSSR count). The first-order valence-electron chi connectivity index (χ1n) is 8.53. The van der Waals surface area contributed by atoms with Crippen LogP contribution in [0.15, 0.2) is 4.47 Å². The molecule has 2 aliphatic rings. The zero-order valence-electron chi connectivity index (χ0n) is 13.2. The number of aromatic nitrogens is 2. The minimum absolute atomic E-state index is 0.606. The summed E-state index contributed by atoms with van der Waals surface area (Å²) in [4.78, 5) is 9.82. The lowest BCUT2D eigenvalue weighted by atomic mass is 9.88. The second kappa shape index (κ2) is 6.64. The van der Waals surface area contributed by atoms with Crippen molar-refractivity contribution < 1.29 is 0 Å². The van der Waals surface area contributed by atoms with Crippen LogP contribution >= 0.6 is 15.9 Å². The molecule has 2 saturated carbocycles. The maximum Gasteiger partial charge on any atom is 0.144 e. The van der Waals surface area contributed by atoms with Crippen molar-refractivity contribution in [1.82, 2.24) is 9.97 Å². The number of nitrogens with one attached hydrogen (secondary N) is 1. The van der Waals surface area contributed by atoms with E-state index < -0.39 is 0 Å². The molecule has 2 aliphatic carbocycles. The lowest BCUT2D eigenvalue weighted by molar-refractivity contribution is 0.404. The van der Waals surface area contributed by atoms with Crippen molar-refractivity contribution in [3.63, 3.8) is 0 Å². The van der Waals surface area contributed by atoms with Crippen molar-refractivity contribution in [2.75, 3.05) is 11.9 Å². The summed E-state index contributed by atoms with van der Waals surface area (Å²) in [5.74, 6) is 4.49. The highest BCUT2D eigenvalue weighted by Gasteiger charge is 2.41. The summed E-state index contributed by atoms with van der Waals surface area (Å²) in [6.45, 7) is 5.37. The van der Waals surface area contributed by atoms with Crippen molar-refractivity contribution in [2.24, 2.45) is 11.8 Å². The third-order valence-corrected chi connectivity index (χ3v) is 5.87. The minimum atomic E-state index is 0.606. The Balaban J connectivity index is 1.90. The van der Waals surface area contributed by atoms with Gasteiger partial charge in [0.05, 0.1) is 10.2 Å². The highest BCUT2D eigenvalue weighted by atomic mass is 79.9. The maximum atomic E-state index is 4.93. The topological polar surface area (TPSA) is 37.8 Å². The van der Waals surface area contributed by atoms with Crippen molar-refractivity contribution in [3.05, 3.63) is 16.0 Å². The number of anilines is 1. The molecule has 116 valence electrons. The average Bonchev–Trinajstić information content (AvgIpc) is 3.11. The van der Waals surface area contributed by atoms with Gasteiger partial charge in [0.2, 0.25) is 0 Å². The van der Waals surface area contributed by atoms with E-state index in [2.05, 4.69) is 35.1 Å². The molecular weight excluding hydrogens is 326 g/mol. The molecule has 0 saturated heterocycles. The van der Waals surface area contributed by atoms with Crippen LogP contribution in [0.2, 0.25) is 0 Å². The van der Waals surface area contributed by atoms with Crippen LogP contribution in [0.5, 0.6) is 0 Å². The Morgan fingerprint density at radius 1 is 1.14 bits per heavy atom. The fraction of sp³-hybridized carbons (Fsp3) is 0.765. The first-order valence-corrected chi connectivity index (χ1v) is 9.32. The Kier molecular flexibility index (Phi) is 4.82. The van der Waals surface area contributed by atoms with Gasteiger partial charge >= 0.3 is 0 Å². The molecule has 21 heavy (non-hydrogen) atoms. The molecule has 0 aliphatic heterocycles. The third kappa shape index (κ3) is 3.10. The normalized spacial score (nSPS) is 27.3. The van der Waals surface area contributed by atoms with Gasteiger partial charge in [-0.15, -0.1) is 0 Å². The molecule has 0 spiro atoms. The minimum Gasteiger partial charge on any atom is -0.369 e. The SMILES string of the molecule is CCCNc1nc(C2CC3CCC2C3)nc(CCC)c1Br. The lowest BCUT2D eigenvalue weighted by Gasteiger charge is -2.22. The monoisotopic (exact) mass is 351 g/mol. The highest BCUT2D eigenvalue weighted by molar-refractivity contribution is 9.10. The van der Waals surface area contributed by atoms with E-state index in [1.165, 1.54) is 31.4 Å². The molecule has 1 aromatic rings.